The van der Waals surface area contributed by atoms with Crippen molar-refractivity contribution in [3.05, 3.63) is 35.9 Å². The van der Waals surface area contributed by atoms with E-state index in [-0.39, 0.29) is 18.5 Å². The van der Waals surface area contributed by atoms with Crippen LogP contribution in [0.1, 0.15) is 12.0 Å². The summed E-state index contributed by atoms with van der Waals surface area (Å²) in [5.74, 6) is -0.685. The molecule has 1 aliphatic heterocycles. The average molecular weight is 318 g/mol. The van der Waals surface area contributed by atoms with E-state index >= 15 is 0 Å². The number of hydrogen-bond acceptors (Lipinski definition) is 4. The summed E-state index contributed by atoms with van der Waals surface area (Å²) in [5.41, 5.74) is -3.51. The van der Waals surface area contributed by atoms with Crippen molar-refractivity contribution in [1.82, 2.24) is 10.6 Å². The fourth-order valence-electron chi connectivity index (χ4n) is 2.33. The van der Waals surface area contributed by atoms with Crippen LogP contribution in [0, 0.1) is 0 Å². The van der Waals surface area contributed by atoms with Gasteiger partial charge in [-0.05, 0) is 12.0 Å². The van der Waals surface area contributed by atoms with E-state index in [4.69, 9.17) is 0 Å². The summed E-state index contributed by atoms with van der Waals surface area (Å²) in [6, 6.07) is 5.83. The van der Waals surface area contributed by atoms with Crippen molar-refractivity contribution < 1.29 is 28.2 Å². The number of benzene rings is 1. The zero-order chi connectivity index (χ0) is 16.4. The number of amides is 1. The number of carbonyl (C=O) groups excluding carboxylic acids is 1. The maximum Gasteiger partial charge on any atom is 0.423 e. The van der Waals surface area contributed by atoms with E-state index in [9.17, 15) is 28.2 Å². The summed E-state index contributed by atoms with van der Waals surface area (Å²) in [7, 11) is 0. The van der Waals surface area contributed by atoms with Gasteiger partial charge in [0.1, 0.15) is 0 Å². The molecule has 0 aliphatic carbocycles. The maximum atomic E-state index is 13.2. The van der Waals surface area contributed by atoms with E-state index in [1.165, 1.54) is 18.2 Å². The molecule has 1 aliphatic rings. The SMILES string of the molecule is O=C(NCC(O)(c1ccccc1)C(F)(F)F)C1CC(O)CN1. The van der Waals surface area contributed by atoms with Crippen molar-refractivity contribution in [3.63, 3.8) is 0 Å². The zero-order valence-electron chi connectivity index (χ0n) is 11.6. The molecule has 2 rings (SSSR count). The number of carbonyl (C=O) groups is 1. The Bertz CT molecular complexity index is 524. The van der Waals surface area contributed by atoms with Crippen LogP contribution in [0.4, 0.5) is 13.2 Å². The van der Waals surface area contributed by atoms with Crippen molar-refractivity contribution >= 4 is 5.91 Å². The summed E-state index contributed by atoms with van der Waals surface area (Å²) in [6.07, 6.45) is -5.52. The highest BCUT2D eigenvalue weighted by atomic mass is 19.4. The molecule has 3 unspecified atom stereocenters. The van der Waals surface area contributed by atoms with Crippen LogP contribution in [0.5, 0.6) is 0 Å². The Labute approximate surface area is 125 Å². The number of alkyl halides is 3. The smallest absolute Gasteiger partial charge is 0.392 e. The second-order valence-corrected chi connectivity index (χ2v) is 5.29. The van der Waals surface area contributed by atoms with Crippen LogP contribution in [-0.2, 0) is 10.4 Å². The number of aliphatic hydroxyl groups excluding tert-OH is 1. The van der Waals surface area contributed by atoms with Gasteiger partial charge in [0.25, 0.3) is 0 Å². The molecule has 122 valence electrons. The van der Waals surface area contributed by atoms with E-state index < -0.39 is 36.4 Å². The first kappa shape index (κ1) is 16.7. The van der Waals surface area contributed by atoms with Crippen molar-refractivity contribution in [2.24, 2.45) is 0 Å². The fourth-order valence-corrected chi connectivity index (χ4v) is 2.33. The van der Waals surface area contributed by atoms with Gasteiger partial charge in [-0.3, -0.25) is 4.79 Å². The molecule has 0 spiro atoms. The quantitative estimate of drug-likeness (QED) is 0.643. The Morgan fingerprint density at radius 2 is 1.95 bits per heavy atom. The minimum atomic E-state index is -4.94. The Kier molecular flexibility index (Phi) is 4.74. The third-order valence-corrected chi connectivity index (χ3v) is 3.66. The van der Waals surface area contributed by atoms with Crippen molar-refractivity contribution in [3.8, 4) is 0 Å². The van der Waals surface area contributed by atoms with Gasteiger partial charge >= 0.3 is 6.18 Å². The molecular formula is C14H17F3N2O3. The molecule has 1 heterocycles. The highest BCUT2D eigenvalue weighted by Crippen LogP contribution is 2.38. The third-order valence-electron chi connectivity index (χ3n) is 3.66. The second kappa shape index (κ2) is 6.23. The Hall–Kier alpha value is -1.64. The summed E-state index contributed by atoms with van der Waals surface area (Å²) >= 11 is 0. The van der Waals surface area contributed by atoms with Crippen LogP contribution < -0.4 is 10.6 Å². The van der Waals surface area contributed by atoms with Gasteiger partial charge in [0.15, 0.2) is 0 Å². The average Bonchev–Trinajstić information content (AvgIpc) is 2.91. The van der Waals surface area contributed by atoms with Gasteiger partial charge in [0.2, 0.25) is 11.5 Å². The van der Waals surface area contributed by atoms with E-state index in [0.717, 1.165) is 12.1 Å². The molecule has 5 nitrogen and oxygen atoms in total. The lowest BCUT2D eigenvalue weighted by atomic mass is 9.93. The molecule has 0 aromatic heterocycles. The molecule has 8 heteroatoms. The van der Waals surface area contributed by atoms with Gasteiger partial charge in [0.05, 0.1) is 18.7 Å². The number of hydrogen-bond donors (Lipinski definition) is 4. The normalized spacial score (nSPS) is 24.8. The molecule has 4 N–H and O–H groups in total. The molecule has 1 aromatic carbocycles. The van der Waals surface area contributed by atoms with E-state index in [1.807, 2.05) is 0 Å². The summed E-state index contributed by atoms with van der Waals surface area (Å²) in [4.78, 5) is 11.8. The predicted octanol–water partition coefficient (Wildman–Crippen LogP) is 0.275. The molecule has 1 saturated heterocycles. The molecule has 3 atom stereocenters. The van der Waals surface area contributed by atoms with Gasteiger partial charge in [-0.15, -0.1) is 0 Å². The summed E-state index contributed by atoms with van der Waals surface area (Å²) < 4.78 is 39.7. The molecule has 1 aromatic rings. The molecular weight excluding hydrogens is 301 g/mol. The lowest BCUT2D eigenvalue weighted by molar-refractivity contribution is -0.264. The lowest BCUT2D eigenvalue weighted by Gasteiger charge is -2.31. The maximum absolute atomic E-state index is 13.2. The largest absolute Gasteiger partial charge is 0.423 e. The first-order chi connectivity index (χ1) is 10.2. The number of nitrogens with one attached hydrogen (secondary N) is 2. The van der Waals surface area contributed by atoms with Gasteiger partial charge in [-0.1, -0.05) is 30.3 Å². The molecule has 1 fully saturated rings. The molecule has 0 saturated carbocycles. The minimum Gasteiger partial charge on any atom is -0.392 e. The number of rotatable bonds is 4. The molecule has 0 bridgehead atoms. The van der Waals surface area contributed by atoms with Crippen LogP contribution >= 0.6 is 0 Å². The van der Waals surface area contributed by atoms with Gasteiger partial charge in [0, 0.05) is 6.54 Å². The van der Waals surface area contributed by atoms with Crippen LogP contribution in [0.2, 0.25) is 0 Å². The number of β-amino-alcohol motifs (C(OH)–C–C–N with tert-alkyl or cyclic N) is 1. The van der Waals surface area contributed by atoms with Gasteiger partial charge < -0.3 is 20.8 Å². The zero-order valence-corrected chi connectivity index (χ0v) is 11.6. The van der Waals surface area contributed by atoms with Crippen molar-refractivity contribution in [2.45, 2.75) is 30.3 Å². The molecule has 1 amide bonds. The van der Waals surface area contributed by atoms with Crippen molar-refractivity contribution in [2.75, 3.05) is 13.1 Å². The Balaban J connectivity index is 2.10. The first-order valence-electron chi connectivity index (χ1n) is 6.78. The fraction of sp³-hybridized carbons (Fsp3) is 0.500. The summed E-state index contributed by atoms with van der Waals surface area (Å²) in [5, 5.41) is 24.2. The second-order valence-electron chi connectivity index (χ2n) is 5.29. The van der Waals surface area contributed by atoms with Crippen LogP contribution in [-0.4, -0.2) is 47.5 Å². The van der Waals surface area contributed by atoms with E-state index in [2.05, 4.69) is 10.6 Å². The molecule has 0 radical (unpaired) electrons. The highest BCUT2D eigenvalue weighted by molar-refractivity contribution is 5.82. The van der Waals surface area contributed by atoms with Crippen LogP contribution in [0.3, 0.4) is 0 Å². The molecule has 22 heavy (non-hydrogen) atoms. The minimum absolute atomic E-state index is 0.127. The van der Waals surface area contributed by atoms with Crippen LogP contribution in [0.25, 0.3) is 0 Å². The third kappa shape index (κ3) is 3.40. The highest BCUT2D eigenvalue weighted by Gasteiger charge is 2.55. The standard InChI is InChI=1S/C14H17F3N2O3/c15-14(16,17)13(22,9-4-2-1-3-5-9)8-19-12(21)11-6-10(20)7-18-11/h1-5,10-11,18,20,22H,6-8H2,(H,19,21). The lowest BCUT2D eigenvalue weighted by Crippen LogP contribution is -2.53. The Morgan fingerprint density at radius 1 is 1.32 bits per heavy atom. The van der Waals surface area contributed by atoms with E-state index in [0.29, 0.717) is 0 Å². The number of halogens is 3. The van der Waals surface area contributed by atoms with Crippen LogP contribution in [0.15, 0.2) is 30.3 Å². The number of aliphatic hydroxyl groups is 2. The Morgan fingerprint density at radius 3 is 2.45 bits per heavy atom. The van der Waals surface area contributed by atoms with Crippen molar-refractivity contribution in [1.29, 1.82) is 0 Å². The first-order valence-corrected chi connectivity index (χ1v) is 6.78. The van der Waals surface area contributed by atoms with Gasteiger partial charge in [-0.25, -0.2) is 0 Å². The predicted molar refractivity (Wildman–Crippen MR) is 71.8 cm³/mol. The topological polar surface area (TPSA) is 81.6 Å². The summed E-state index contributed by atoms with van der Waals surface area (Å²) in [6.45, 7) is -0.784. The van der Waals surface area contributed by atoms with E-state index in [1.54, 1.807) is 0 Å². The monoisotopic (exact) mass is 318 g/mol. The van der Waals surface area contributed by atoms with Gasteiger partial charge in [-0.2, -0.15) is 13.2 Å².